The van der Waals surface area contributed by atoms with E-state index in [1.165, 1.54) is 4.90 Å². The van der Waals surface area contributed by atoms with Crippen LogP contribution in [0.3, 0.4) is 0 Å². The van der Waals surface area contributed by atoms with Crippen LogP contribution in [0.5, 0.6) is 0 Å². The van der Waals surface area contributed by atoms with Gasteiger partial charge in [-0.1, -0.05) is 35.9 Å². The van der Waals surface area contributed by atoms with Crippen molar-refractivity contribution in [2.45, 2.75) is 6.92 Å². The molecule has 0 bridgehead atoms. The highest BCUT2D eigenvalue weighted by Gasteiger charge is 2.37. The standard InChI is InChI=1S/C21H19ClN2O3/c1-14-6-7-15(22)12-19(14)24-20(25)17-5-3-2-4-16(17)18(21(24)26)13-23-8-10-27-11-9-23/h2-7,12-13H,8-11H2,1H3. The third kappa shape index (κ3) is 3.24. The lowest BCUT2D eigenvalue weighted by Crippen LogP contribution is -2.43. The maximum atomic E-state index is 13.4. The van der Waals surface area contributed by atoms with E-state index in [4.69, 9.17) is 16.3 Å². The molecule has 138 valence electrons. The Balaban J connectivity index is 1.85. The van der Waals surface area contributed by atoms with Crippen LogP contribution in [0.25, 0.3) is 5.57 Å². The number of imide groups is 1. The second-order valence-corrected chi connectivity index (χ2v) is 7.05. The van der Waals surface area contributed by atoms with E-state index in [2.05, 4.69) is 4.90 Å². The van der Waals surface area contributed by atoms with Crippen LogP contribution in [0, 0.1) is 6.92 Å². The third-order valence-corrected chi connectivity index (χ3v) is 5.09. The minimum atomic E-state index is -0.337. The molecule has 0 saturated carbocycles. The minimum absolute atomic E-state index is 0.333. The average Bonchev–Trinajstić information content (AvgIpc) is 2.69. The third-order valence-electron chi connectivity index (χ3n) is 4.85. The molecule has 27 heavy (non-hydrogen) atoms. The number of morpholine rings is 1. The Labute approximate surface area is 162 Å². The Morgan fingerprint density at radius 1 is 1.00 bits per heavy atom. The van der Waals surface area contributed by atoms with Crippen molar-refractivity contribution in [1.29, 1.82) is 0 Å². The highest BCUT2D eigenvalue weighted by molar-refractivity contribution is 6.41. The van der Waals surface area contributed by atoms with Gasteiger partial charge < -0.3 is 9.64 Å². The Hall–Kier alpha value is -2.63. The summed E-state index contributed by atoms with van der Waals surface area (Å²) in [5.74, 6) is -0.671. The molecule has 6 heteroatoms. The largest absolute Gasteiger partial charge is 0.378 e. The molecule has 0 atom stereocenters. The summed E-state index contributed by atoms with van der Waals surface area (Å²) in [6.07, 6.45) is 1.85. The van der Waals surface area contributed by atoms with Gasteiger partial charge in [-0.3, -0.25) is 9.59 Å². The molecule has 1 saturated heterocycles. The summed E-state index contributed by atoms with van der Waals surface area (Å²) in [4.78, 5) is 29.8. The maximum absolute atomic E-state index is 13.4. The van der Waals surface area contributed by atoms with Gasteiger partial charge in [0.2, 0.25) is 0 Å². The van der Waals surface area contributed by atoms with Crippen molar-refractivity contribution >= 4 is 34.7 Å². The van der Waals surface area contributed by atoms with E-state index in [0.717, 1.165) is 5.56 Å². The maximum Gasteiger partial charge on any atom is 0.267 e. The number of anilines is 1. The summed E-state index contributed by atoms with van der Waals surface area (Å²) in [5.41, 5.74) is 3.00. The zero-order chi connectivity index (χ0) is 19.0. The van der Waals surface area contributed by atoms with Gasteiger partial charge in [-0.05, 0) is 30.7 Å². The fourth-order valence-electron chi connectivity index (χ4n) is 3.41. The Morgan fingerprint density at radius 3 is 2.44 bits per heavy atom. The molecule has 0 unspecified atom stereocenters. The van der Waals surface area contributed by atoms with Gasteiger partial charge in [0.15, 0.2) is 0 Å². The molecule has 0 spiro atoms. The van der Waals surface area contributed by atoms with Crippen molar-refractivity contribution < 1.29 is 14.3 Å². The number of nitrogens with zero attached hydrogens (tertiary/aromatic N) is 2. The molecule has 2 heterocycles. The molecule has 2 aliphatic rings. The van der Waals surface area contributed by atoms with Crippen LogP contribution < -0.4 is 4.90 Å². The van der Waals surface area contributed by atoms with Crippen LogP contribution in [0.1, 0.15) is 21.5 Å². The number of aryl methyl sites for hydroxylation is 1. The quantitative estimate of drug-likeness (QED) is 0.589. The molecule has 0 N–H and O–H groups in total. The molecule has 2 amide bonds. The smallest absolute Gasteiger partial charge is 0.267 e. The second-order valence-electron chi connectivity index (χ2n) is 6.61. The van der Waals surface area contributed by atoms with E-state index in [-0.39, 0.29) is 11.8 Å². The van der Waals surface area contributed by atoms with Gasteiger partial charge in [0.1, 0.15) is 0 Å². The second kappa shape index (κ2) is 7.18. The molecule has 2 aromatic rings. The van der Waals surface area contributed by atoms with Crippen molar-refractivity contribution in [3.63, 3.8) is 0 Å². The molecule has 5 nitrogen and oxygen atoms in total. The first kappa shape index (κ1) is 17.8. The molecule has 2 aliphatic heterocycles. The summed E-state index contributed by atoms with van der Waals surface area (Å²) >= 11 is 6.14. The van der Waals surface area contributed by atoms with Gasteiger partial charge in [0, 0.05) is 35.4 Å². The monoisotopic (exact) mass is 382 g/mol. The summed E-state index contributed by atoms with van der Waals surface area (Å²) in [6, 6.07) is 12.4. The number of amides is 2. The van der Waals surface area contributed by atoms with Crippen molar-refractivity contribution in [2.24, 2.45) is 0 Å². The Bertz CT molecular complexity index is 948. The van der Waals surface area contributed by atoms with Gasteiger partial charge in [0.25, 0.3) is 11.8 Å². The van der Waals surface area contributed by atoms with Crippen molar-refractivity contribution in [2.75, 3.05) is 31.2 Å². The van der Waals surface area contributed by atoms with Gasteiger partial charge in [-0.2, -0.15) is 0 Å². The van der Waals surface area contributed by atoms with Crippen molar-refractivity contribution in [1.82, 2.24) is 4.90 Å². The minimum Gasteiger partial charge on any atom is -0.378 e. The number of rotatable bonds is 2. The summed E-state index contributed by atoms with van der Waals surface area (Å²) in [6.45, 7) is 4.52. The predicted octanol–water partition coefficient (Wildman–Crippen LogP) is 3.51. The lowest BCUT2D eigenvalue weighted by Gasteiger charge is -2.32. The van der Waals surface area contributed by atoms with E-state index >= 15 is 0 Å². The summed E-state index contributed by atoms with van der Waals surface area (Å²) in [7, 11) is 0. The van der Waals surface area contributed by atoms with E-state index in [1.54, 1.807) is 18.2 Å². The fourth-order valence-corrected chi connectivity index (χ4v) is 3.58. The number of benzene rings is 2. The molecule has 0 aromatic heterocycles. The van der Waals surface area contributed by atoms with Crippen molar-refractivity contribution in [3.05, 3.63) is 70.4 Å². The molecule has 2 aromatic carbocycles. The van der Waals surface area contributed by atoms with Crippen LogP contribution in [0.15, 0.2) is 48.7 Å². The van der Waals surface area contributed by atoms with Crippen LogP contribution >= 0.6 is 11.6 Å². The van der Waals surface area contributed by atoms with E-state index in [1.807, 2.05) is 37.4 Å². The highest BCUT2D eigenvalue weighted by atomic mass is 35.5. The summed E-state index contributed by atoms with van der Waals surface area (Å²) < 4.78 is 5.39. The number of hydrogen-bond donors (Lipinski definition) is 0. The predicted molar refractivity (Wildman–Crippen MR) is 105 cm³/mol. The summed E-state index contributed by atoms with van der Waals surface area (Å²) in [5, 5.41) is 0.480. The van der Waals surface area contributed by atoms with Gasteiger partial charge in [0.05, 0.1) is 24.5 Å². The number of fused-ring (bicyclic) bond motifs is 1. The highest BCUT2D eigenvalue weighted by Crippen LogP contribution is 2.35. The van der Waals surface area contributed by atoms with Crippen LogP contribution in [0.2, 0.25) is 5.02 Å². The van der Waals surface area contributed by atoms with Crippen LogP contribution in [-0.4, -0.2) is 43.0 Å². The zero-order valence-corrected chi connectivity index (χ0v) is 15.7. The van der Waals surface area contributed by atoms with Crippen LogP contribution in [0.4, 0.5) is 5.69 Å². The molecule has 4 rings (SSSR count). The number of carbonyl (C=O) groups excluding carboxylic acids is 2. The number of ether oxygens (including phenoxy) is 1. The van der Waals surface area contributed by atoms with Crippen molar-refractivity contribution in [3.8, 4) is 0 Å². The van der Waals surface area contributed by atoms with Gasteiger partial charge in [-0.15, -0.1) is 0 Å². The molecular formula is C21H19ClN2O3. The SMILES string of the molecule is Cc1ccc(Cl)cc1N1C(=O)C(=CN2CCOCC2)c2ccccc2C1=O. The number of hydrogen-bond acceptors (Lipinski definition) is 4. The Morgan fingerprint density at radius 2 is 1.70 bits per heavy atom. The molecular weight excluding hydrogens is 364 g/mol. The lowest BCUT2D eigenvalue weighted by atomic mass is 9.93. The molecule has 0 aliphatic carbocycles. The first-order valence-corrected chi connectivity index (χ1v) is 9.22. The number of halogens is 1. The van der Waals surface area contributed by atoms with Crippen LogP contribution in [-0.2, 0) is 9.53 Å². The number of carbonyl (C=O) groups is 2. The zero-order valence-electron chi connectivity index (χ0n) is 14.9. The van der Waals surface area contributed by atoms with Gasteiger partial charge in [-0.25, -0.2) is 4.90 Å². The molecule has 0 radical (unpaired) electrons. The topological polar surface area (TPSA) is 49.9 Å². The normalized spacial score (nSPS) is 18.8. The lowest BCUT2D eigenvalue weighted by molar-refractivity contribution is -0.112. The molecule has 1 fully saturated rings. The Kier molecular flexibility index (Phi) is 4.72. The first-order chi connectivity index (χ1) is 13.1. The van der Waals surface area contributed by atoms with E-state index in [0.29, 0.717) is 53.7 Å². The van der Waals surface area contributed by atoms with E-state index in [9.17, 15) is 9.59 Å². The van der Waals surface area contributed by atoms with Gasteiger partial charge >= 0.3 is 0 Å². The first-order valence-electron chi connectivity index (χ1n) is 8.84. The van der Waals surface area contributed by atoms with E-state index < -0.39 is 0 Å². The average molecular weight is 383 g/mol. The fraction of sp³-hybridized carbons (Fsp3) is 0.238.